The van der Waals surface area contributed by atoms with Crippen LogP contribution in [0.3, 0.4) is 0 Å². The van der Waals surface area contributed by atoms with Crippen LogP contribution in [0.25, 0.3) is 0 Å². The summed E-state index contributed by atoms with van der Waals surface area (Å²) in [5.74, 6) is 0.837. The second-order valence-electron chi connectivity index (χ2n) is 3.96. The monoisotopic (exact) mass is 184 g/mol. The summed E-state index contributed by atoms with van der Waals surface area (Å²) in [5, 5.41) is 3.33. The van der Waals surface area contributed by atoms with Crippen molar-refractivity contribution in [2.75, 3.05) is 19.6 Å². The number of rotatable bonds is 2. The molecule has 0 bridgehead atoms. The summed E-state index contributed by atoms with van der Waals surface area (Å²) in [5.41, 5.74) is 0. The molecule has 0 spiro atoms. The molecule has 1 amide bonds. The van der Waals surface area contributed by atoms with Crippen molar-refractivity contribution in [3.8, 4) is 0 Å². The molecule has 1 heterocycles. The van der Waals surface area contributed by atoms with E-state index in [0.29, 0.717) is 24.3 Å². The second-order valence-corrected chi connectivity index (χ2v) is 3.96. The molecule has 0 saturated carbocycles. The van der Waals surface area contributed by atoms with E-state index in [4.69, 9.17) is 0 Å². The van der Waals surface area contributed by atoms with E-state index in [1.54, 1.807) is 0 Å². The van der Waals surface area contributed by atoms with Gasteiger partial charge in [-0.05, 0) is 5.92 Å². The Morgan fingerprint density at radius 2 is 2.31 bits per heavy atom. The number of nitrogens with one attached hydrogen (secondary N) is 1. The summed E-state index contributed by atoms with van der Waals surface area (Å²) in [4.78, 5) is 13.6. The number of nitrogens with zero attached hydrogens (tertiary/aromatic N) is 1. The highest BCUT2D eigenvalue weighted by atomic mass is 16.2. The highest BCUT2D eigenvalue weighted by molar-refractivity contribution is 5.76. The van der Waals surface area contributed by atoms with Crippen LogP contribution in [-0.4, -0.2) is 36.5 Å². The van der Waals surface area contributed by atoms with Crippen molar-refractivity contribution >= 4 is 5.91 Å². The summed E-state index contributed by atoms with van der Waals surface area (Å²) in [7, 11) is 0. The van der Waals surface area contributed by atoms with Gasteiger partial charge in [0.25, 0.3) is 0 Å². The first-order valence-electron chi connectivity index (χ1n) is 5.17. The molecule has 1 rings (SSSR count). The standard InChI is InChI=1S/C10H20N2O/c1-4-10(13)12-6-5-11-7-9(12)8(2)3/h8-9,11H,4-7H2,1-3H3/t9-/m1/s1. The highest BCUT2D eigenvalue weighted by Crippen LogP contribution is 2.13. The Morgan fingerprint density at radius 1 is 1.62 bits per heavy atom. The average molecular weight is 184 g/mol. The Morgan fingerprint density at radius 3 is 2.85 bits per heavy atom. The first-order valence-corrected chi connectivity index (χ1v) is 5.17. The van der Waals surface area contributed by atoms with E-state index in [-0.39, 0.29) is 0 Å². The molecule has 1 aliphatic heterocycles. The molecule has 0 unspecified atom stereocenters. The maximum absolute atomic E-state index is 11.6. The molecule has 1 fully saturated rings. The van der Waals surface area contributed by atoms with E-state index in [2.05, 4.69) is 19.2 Å². The minimum Gasteiger partial charge on any atom is -0.337 e. The van der Waals surface area contributed by atoms with Gasteiger partial charge in [0, 0.05) is 32.1 Å². The third kappa shape index (κ3) is 2.44. The van der Waals surface area contributed by atoms with Crippen molar-refractivity contribution < 1.29 is 4.79 Å². The minimum atomic E-state index is 0.292. The number of amides is 1. The van der Waals surface area contributed by atoms with Gasteiger partial charge in [-0.2, -0.15) is 0 Å². The maximum Gasteiger partial charge on any atom is 0.222 e. The van der Waals surface area contributed by atoms with Crippen LogP contribution in [0.5, 0.6) is 0 Å². The molecule has 3 heteroatoms. The van der Waals surface area contributed by atoms with Gasteiger partial charge in [0.05, 0.1) is 0 Å². The molecule has 3 nitrogen and oxygen atoms in total. The topological polar surface area (TPSA) is 32.3 Å². The van der Waals surface area contributed by atoms with Crippen LogP contribution >= 0.6 is 0 Å². The zero-order valence-electron chi connectivity index (χ0n) is 8.84. The first-order chi connectivity index (χ1) is 6.16. The Hall–Kier alpha value is -0.570. The van der Waals surface area contributed by atoms with Crippen molar-refractivity contribution in [2.45, 2.75) is 33.2 Å². The molecular weight excluding hydrogens is 164 g/mol. The molecule has 0 aromatic heterocycles. The van der Waals surface area contributed by atoms with E-state index in [1.165, 1.54) is 0 Å². The third-order valence-electron chi connectivity index (χ3n) is 2.68. The molecule has 1 atom stereocenters. The first kappa shape index (κ1) is 10.5. The van der Waals surface area contributed by atoms with Crippen molar-refractivity contribution in [1.29, 1.82) is 0 Å². The van der Waals surface area contributed by atoms with Crippen molar-refractivity contribution in [2.24, 2.45) is 5.92 Å². The fourth-order valence-electron chi connectivity index (χ4n) is 1.83. The van der Waals surface area contributed by atoms with E-state index < -0.39 is 0 Å². The van der Waals surface area contributed by atoms with Crippen molar-refractivity contribution in [3.63, 3.8) is 0 Å². The van der Waals surface area contributed by atoms with Gasteiger partial charge in [-0.1, -0.05) is 20.8 Å². The molecule has 0 radical (unpaired) electrons. The molecular formula is C10H20N2O. The fraction of sp³-hybridized carbons (Fsp3) is 0.900. The van der Waals surface area contributed by atoms with Crippen LogP contribution in [0.15, 0.2) is 0 Å². The van der Waals surface area contributed by atoms with Crippen LogP contribution in [0.2, 0.25) is 0 Å². The molecule has 1 saturated heterocycles. The van der Waals surface area contributed by atoms with Crippen molar-refractivity contribution in [1.82, 2.24) is 10.2 Å². The summed E-state index contributed by atoms with van der Waals surface area (Å²) < 4.78 is 0. The Bertz CT molecular complexity index is 180. The van der Waals surface area contributed by atoms with Crippen molar-refractivity contribution in [3.05, 3.63) is 0 Å². The lowest BCUT2D eigenvalue weighted by atomic mass is 10.0. The summed E-state index contributed by atoms with van der Waals surface area (Å²) in [6.07, 6.45) is 0.628. The zero-order valence-corrected chi connectivity index (χ0v) is 8.84. The second kappa shape index (κ2) is 4.61. The number of hydrogen-bond acceptors (Lipinski definition) is 2. The lowest BCUT2D eigenvalue weighted by molar-refractivity contribution is -0.135. The van der Waals surface area contributed by atoms with E-state index in [1.807, 2.05) is 11.8 Å². The molecule has 1 N–H and O–H groups in total. The largest absolute Gasteiger partial charge is 0.337 e. The van der Waals surface area contributed by atoms with Crippen LogP contribution in [-0.2, 0) is 4.79 Å². The van der Waals surface area contributed by atoms with Gasteiger partial charge < -0.3 is 10.2 Å². The normalized spacial score (nSPS) is 23.7. The maximum atomic E-state index is 11.6. The molecule has 0 aromatic carbocycles. The summed E-state index contributed by atoms with van der Waals surface area (Å²) in [6, 6.07) is 0.390. The van der Waals surface area contributed by atoms with Gasteiger partial charge in [0.1, 0.15) is 0 Å². The van der Waals surface area contributed by atoms with Gasteiger partial charge in [-0.3, -0.25) is 4.79 Å². The minimum absolute atomic E-state index is 0.292. The fourth-order valence-corrected chi connectivity index (χ4v) is 1.83. The molecule has 76 valence electrons. The summed E-state index contributed by atoms with van der Waals surface area (Å²) >= 11 is 0. The number of piperazine rings is 1. The van der Waals surface area contributed by atoms with Crippen LogP contribution < -0.4 is 5.32 Å². The van der Waals surface area contributed by atoms with Gasteiger partial charge in [0.2, 0.25) is 5.91 Å². The van der Waals surface area contributed by atoms with Crippen LogP contribution in [0.4, 0.5) is 0 Å². The lowest BCUT2D eigenvalue weighted by Gasteiger charge is -2.38. The Kier molecular flexibility index (Phi) is 3.72. The highest BCUT2D eigenvalue weighted by Gasteiger charge is 2.27. The van der Waals surface area contributed by atoms with E-state index in [9.17, 15) is 4.79 Å². The summed E-state index contributed by atoms with van der Waals surface area (Å²) in [6.45, 7) is 9.04. The van der Waals surface area contributed by atoms with E-state index in [0.717, 1.165) is 19.6 Å². The molecule has 0 aromatic rings. The lowest BCUT2D eigenvalue weighted by Crippen LogP contribution is -2.55. The third-order valence-corrected chi connectivity index (χ3v) is 2.68. The SMILES string of the molecule is CCC(=O)N1CCNC[C@@H]1C(C)C. The average Bonchev–Trinajstić information content (AvgIpc) is 2.16. The Balaban J connectivity index is 2.61. The molecule has 1 aliphatic rings. The van der Waals surface area contributed by atoms with Gasteiger partial charge >= 0.3 is 0 Å². The Labute approximate surface area is 80.5 Å². The van der Waals surface area contributed by atoms with Gasteiger partial charge in [0.15, 0.2) is 0 Å². The van der Waals surface area contributed by atoms with Gasteiger partial charge in [-0.15, -0.1) is 0 Å². The smallest absolute Gasteiger partial charge is 0.222 e. The molecule has 0 aliphatic carbocycles. The van der Waals surface area contributed by atoms with E-state index >= 15 is 0 Å². The van der Waals surface area contributed by atoms with Crippen LogP contribution in [0.1, 0.15) is 27.2 Å². The number of carbonyl (C=O) groups is 1. The number of carbonyl (C=O) groups excluding carboxylic acids is 1. The van der Waals surface area contributed by atoms with Crippen LogP contribution in [0, 0.1) is 5.92 Å². The predicted octanol–water partition coefficient (Wildman–Crippen LogP) is 0.853. The number of hydrogen-bond donors (Lipinski definition) is 1. The predicted molar refractivity (Wildman–Crippen MR) is 53.5 cm³/mol. The van der Waals surface area contributed by atoms with Gasteiger partial charge in [-0.25, -0.2) is 0 Å². The zero-order chi connectivity index (χ0) is 9.84. The quantitative estimate of drug-likeness (QED) is 0.690. The molecule has 13 heavy (non-hydrogen) atoms.